The molecule has 0 aliphatic carbocycles. The highest BCUT2D eigenvalue weighted by Crippen LogP contribution is 2.16. The van der Waals surface area contributed by atoms with Crippen molar-refractivity contribution in [2.75, 3.05) is 17.7 Å². The number of nitrogens with one attached hydrogen (secondary N) is 2. The molecule has 4 heteroatoms. The molecule has 1 atom stereocenters. The van der Waals surface area contributed by atoms with E-state index in [0.717, 1.165) is 22.7 Å². The van der Waals surface area contributed by atoms with Crippen LogP contribution in [0.5, 0.6) is 5.75 Å². The first-order chi connectivity index (χ1) is 10.1. The number of hydrogen-bond donors (Lipinski definition) is 2. The number of rotatable bonds is 5. The van der Waals surface area contributed by atoms with Crippen LogP contribution >= 0.6 is 0 Å². The van der Waals surface area contributed by atoms with Crippen LogP contribution < -0.4 is 15.4 Å². The van der Waals surface area contributed by atoms with Crippen LogP contribution in [0.4, 0.5) is 11.4 Å². The number of amides is 1. The molecular weight excluding hydrogens is 264 g/mol. The average Bonchev–Trinajstić information content (AvgIpc) is 2.48. The van der Waals surface area contributed by atoms with Crippen LogP contribution in [0.2, 0.25) is 0 Å². The lowest BCUT2D eigenvalue weighted by atomic mass is 10.2. The molecule has 0 unspecified atom stereocenters. The Morgan fingerprint density at radius 3 is 2.43 bits per heavy atom. The minimum atomic E-state index is -0.325. The number of ether oxygens (including phenoxy) is 1. The Labute approximate surface area is 125 Å². The van der Waals surface area contributed by atoms with Crippen LogP contribution in [0, 0.1) is 6.92 Å². The van der Waals surface area contributed by atoms with E-state index in [1.807, 2.05) is 62.4 Å². The van der Waals surface area contributed by atoms with Crippen molar-refractivity contribution in [1.82, 2.24) is 0 Å². The summed E-state index contributed by atoms with van der Waals surface area (Å²) >= 11 is 0. The summed E-state index contributed by atoms with van der Waals surface area (Å²) < 4.78 is 5.09. The Kier molecular flexibility index (Phi) is 4.82. The summed E-state index contributed by atoms with van der Waals surface area (Å²) in [6.45, 7) is 3.86. The third-order valence-corrected chi connectivity index (χ3v) is 3.15. The summed E-state index contributed by atoms with van der Waals surface area (Å²) in [6.07, 6.45) is 0. The number of anilines is 2. The van der Waals surface area contributed by atoms with E-state index in [0.29, 0.717) is 0 Å². The smallest absolute Gasteiger partial charge is 0.246 e. The van der Waals surface area contributed by atoms with Gasteiger partial charge in [-0.15, -0.1) is 0 Å². The molecule has 0 aliphatic rings. The van der Waals surface area contributed by atoms with Gasteiger partial charge in [0.2, 0.25) is 5.91 Å². The molecule has 0 saturated carbocycles. The molecule has 4 nitrogen and oxygen atoms in total. The fourth-order valence-corrected chi connectivity index (χ4v) is 1.98. The zero-order chi connectivity index (χ0) is 15.2. The molecule has 0 bridgehead atoms. The van der Waals surface area contributed by atoms with E-state index in [2.05, 4.69) is 10.6 Å². The van der Waals surface area contributed by atoms with Crippen molar-refractivity contribution < 1.29 is 9.53 Å². The molecule has 0 saturated heterocycles. The maximum Gasteiger partial charge on any atom is 0.246 e. The summed E-state index contributed by atoms with van der Waals surface area (Å²) in [5.74, 6) is 0.681. The van der Waals surface area contributed by atoms with Gasteiger partial charge in [-0.25, -0.2) is 0 Å². The topological polar surface area (TPSA) is 50.4 Å². The Morgan fingerprint density at radius 2 is 1.81 bits per heavy atom. The second kappa shape index (κ2) is 6.79. The van der Waals surface area contributed by atoms with Gasteiger partial charge in [0.15, 0.2) is 0 Å². The highest BCUT2D eigenvalue weighted by atomic mass is 16.5. The minimum Gasteiger partial charge on any atom is -0.497 e. The number of carbonyl (C=O) groups is 1. The van der Waals surface area contributed by atoms with Crippen molar-refractivity contribution in [1.29, 1.82) is 0 Å². The molecule has 0 spiro atoms. The predicted molar refractivity (Wildman–Crippen MR) is 85.9 cm³/mol. The van der Waals surface area contributed by atoms with Gasteiger partial charge in [-0.05, 0) is 55.8 Å². The number of carbonyl (C=O) groups excluding carboxylic acids is 1. The quantitative estimate of drug-likeness (QED) is 0.884. The van der Waals surface area contributed by atoms with E-state index in [9.17, 15) is 4.79 Å². The van der Waals surface area contributed by atoms with Gasteiger partial charge in [0.25, 0.3) is 0 Å². The normalized spacial score (nSPS) is 11.6. The lowest BCUT2D eigenvalue weighted by Gasteiger charge is -2.15. The van der Waals surface area contributed by atoms with Crippen molar-refractivity contribution in [3.63, 3.8) is 0 Å². The monoisotopic (exact) mass is 284 g/mol. The summed E-state index contributed by atoms with van der Waals surface area (Å²) in [5, 5.41) is 6.06. The fraction of sp³-hybridized carbons (Fsp3) is 0.235. The van der Waals surface area contributed by atoms with Crippen molar-refractivity contribution >= 4 is 17.3 Å². The minimum absolute atomic E-state index is 0.0818. The maximum absolute atomic E-state index is 12.2. The fourth-order valence-electron chi connectivity index (χ4n) is 1.98. The van der Waals surface area contributed by atoms with Gasteiger partial charge in [-0.2, -0.15) is 0 Å². The molecule has 2 rings (SSSR count). The highest BCUT2D eigenvalue weighted by Gasteiger charge is 2.12. The second-order valence-electron chi connectivity index (χ2n) is 4.95. The number of hydrogen-bond acceptors (Lipinski definition) is 3. The summed E-state index contributed by atoms with van der Waals surface area (Å²) in [4.78, 5) is 12.2. The molecule has 2 aromatic rings. The van der Waals surface area contributed by atoms with Gasteiger partial charge in [0.1, 0.15) is 11.8 Å². The Morgan fingerprint density at radius 1 is 1.10 bits per heavy atom. The molecule has 110 valence electrons. The van der Waals surface area contributed by atoms with Gasteiger partial charge in [0, 0.05) is 11.4 Å². The first kappa shape index (κ1) is 14.9. The van der Waals surface area contributed by atoms with E-state index in [1.54, 1.807) is 7.11 Å². The zero-order valence-electron chi connectivity index (χ0n) is 12.5. The zero-order valence-corrected chi connectivity index (χ0v) is 12.5. The van der Waals surface area contributed by atoms with E-state index in [1.165, 1.54) is 0 Å². The number of methoxy groups -OCH3 is 1. The average molecular weight is 284 g/mol. The molecule has 2 aromatic carbocycles. The lowest BCUT2D eigenvalue weighted by molar-refractivity contribution is -0.116. The lowest BCUT2D eigenvalue weighted by Crippen LogP contribution is -2.31. The van der Waals surface area contributed by atoms with Gasteiger partial charge >= 0.3 is 0 Å². The molecule has 21 heavy (non-hydrogen) atoms. The first-order valence-corrected chi connectivity index (χ1v) is 6.86. The molecule has 2 N–H and O–H groups in total. The predicted octanol–water partition coefficient (Wildman–Crippen LogP) is 3.44. The van der Waals surface area contributed by atoms with Crippen LogP contribution in [-0.2, 0) is 4.79 Å². The molecule has 0 heterocycles. The molecule has 0 fully saturated rings. The van der Waals surface area contributed by atoms with Crippen molar-refractivity contribution in [2.24, 2.45) is 0 Å². The van der Waals surface area contributed by atoms with Crippen molar-refractivity contribution in [2.45, 2.75) is 19.9 Å². The van der Waals surface area contributed by atoms with Gasteiger partial charge < -0.3 is 15.4 Å². The number of benzene rings is 2. The Balaban J connectivity index is 1.95. The number of aryl methyl sites for hydroxylation is 1. The third-order valence-electron chi connectivity index (χ3n) is 3.15. The molecule has 1 amide bonds. The third kappa shape index (κ3) is 4.24. The SMILES string of the molecule is COc1ccc(NC(=O)[C@H](C)Nc2cccc(C)c2)cc1. The van der Waals surface area contributed by atoms with Crippen LogP contribution in [0.15, 0.2) is 48.5 Å². The van der Waals surface area contributed by atoms with Crippen molar-refractivity contribution in [3.8, 4) is 5.75 Å². The Bertz CT molecular complexity index is 608. The highest BCUT2D eigenvalue weighted by molar-refractivity contribution is 5.96. The van der Waals surface area contributed by atoms with Gasteiger partial charge in [-0.3, -0.25) is 4.79 Å². The van der Waals surface area contributed by atoms with Gasteiger partial charge in [0.05, 0.1) is 7.11 Å². The van der Waals surface area contributed by atoms with Gasteiger partial charge in [-0.1, -0.05) is 12.1 Å². The second-order valence-corrected chi connectivity index (χ2v) is 4.95. The molecule has 0 aromatic heterocycles. The first-order valence-electron chi connectivity index (χ1n) is 6.86. The van der Waals surface area contributed by atoms with E-state index >= 15 is 0 Å². The van der Waals surface area contributed by atoms with E-state index in [-0.39, 0.29) is 11.9 Å². The summed E-state index contributed by atoms with van der Waals surface area (Å²) in [6, 6.07) is 14.9. The van der Waals surface area contributed by atoms with Crippen molar-refractivity contribution in [3.05, 3.63) is 54.1 Å². The maximum atomic E-state index is 12.2. The molecule has 0 aliphatic heterocycles. The standard InChI is InChI=1S/C17H20N2O2/c1-12-5-4-6-15(11-12)18-13(2)17(20)19-14-7-9-16(21-3)10-8-14/h4-11,13,18H,1-3H3,(H,19,20)/t13-/m0/s1. The van der Waals surface area contributed by atoms with Crippen LogP contribution in [0.3, 0.4) is 0 Å². The summed E-state index contributed by atoms with van der Waals surface area (Å²) in [7, 11) is 1.61. The molecule has 0 radical (unpaired) electrons. The molecular formula is C17H20N2O2. The van der Waals surface area contributed by atoms with Crippen LogP contribution in [0.25, 0.3) is 0 Å². The van der Waals surface area contributed by atoms with Crippen LogP contribution in [0.1, 0.15) is 12.5 Å². The largest absolute Gasteiger partial charge is 0.497 e. The van der Waals surface area contributed by atoms with E-state index in [4.69, 9.17) is 4.74 Å². The van der Waals surface area contributed by atoms with E-state index < -0.39 is 0 Å². The van der Waals surface area contributed by atoms with Crippen LogP contribution in [-0.4, -0.2) is 19.1 Å². The Hall–Kier alpha value is -2.49. The summed E-state index contributed by atoms with van der Waals surface area (Å²) in [5.41, 5.74) is 2.84.